The predicted molar refractivity (Wildman–Crippen MR) is 162 cm³/mol. The summed E-state index contributed by atoms with van der Waals surface area (Å²) >= 11 is 2.18. The maximum atomic E-state index is 11.2. The average Bonchev–Trinajstić information content (AvgIpc) is 2.85. The van der Waals surface area contributed by atoms with Gasteiger partial charge in [0.05, 0.1) is 25.3 Å². The number of hydrogen-bond donors (Lipinski definition) is 0. The van der Waals surface area contributed by atoms with Crippen LogP contribution in [0.5, 0.6) is 0 Å². The standard InChI is InChI=1S/C14H14O2Si.C8H7IO2.C7H10Si/c1-16-14(15)13-9-7-12(8-10-13)6-4-5-11-17(2)3;1-11-8(10)6-2-4-7(9)5-3-6;1-5-6-7-8(2,3)4/h7-10,17H,1-3H3;2-5H,1H3;1H,2-4H3. The van der Waals surface area contributed by atoms with E-state index in [1.54, 1.807) is 36.4 Å². The number of hydrogen-bond acceptors (Lipinski definition) is 4. The van der Waals surface area contributed by atoms with Crippen LogP contribution >= 0.6 is 22.6 Å². The molecule has 0 atom stereocenters. The van der Waals surface area contributed by atoms with Crippen LogP contribution in [0.1, 0.15) is 26.3 Å². The number of terminal acetylenes is 1. The van der Waals surface area contributed by atoms with Crippen LogP contribution in [0.4, 0.5) is 0 Å². The molecule has 2 aromatic carbocycles. The molecule has 4 nitrogen and oxygen atoms in total. The van der Waals surface area contributed by atoms with E-state index in [9.17, 15) is 9.59 Å². The van der Waals surface area contributed by atoms with E-state index < -0.39 is 16.9 Å². The van der Waals surface area contributed by atoms with Gasteiger partial charge in [0.25, 0.3) is 0 Å². The lowest BCUT2D eigenvalue weighted by Gasteiger charge is -2.01. The highest BCUT2D eigenvalue weighted by Gasteiger charge is 2.06. The minimum absolute atomic E-state index is 0.290. The zero-order valence-corrected chi connectivity index (χ0v) is 26.1. The molecule has 0 saturated heterocycles. The van der Waals surface area contributed by atoms with E-state index in [1.165, 1.54) is 14.2 Å². The van der Waals surface area contributed by atoms with Crippen LogP contribution in [0.2, 0.25) is 32.7 Å². The number of benzene rings is 2. The first-order chi connectivity index (χ1) is 16.9. The maximum absolute atomic E-state index is 11.2. The van der Waals surface area contributed by atoms with E-state index in [1.807, 2.05) is 12.1 Å². The lowest BCUT2D eigenvalue weighted by molar-refractivity contribution is 0.0592. The molecule has 0 radical (unpaired) electrons. The summed E-state index contributed by atoms with van der Waals surface area (Å²) in [5.74, 6) is 12.9. The van der Waals surface area contributed by atoms with E-state index >= 15 is 0 Å². The third kappa shape index (κ3) is 16.4. The van der Waals surface area contributed by atoms with Gasteiger partial charge in [-0.2, -0.15) is 0 Å². The maximum Gasteiger partial charge on any atom is 0.337 e. The molecule has 0 aliphatic rings. The van der Waals surface area contributed by atoms with Gasteiger partial charge < -0.3 is 9.47 Å². The molecule has 0 heterocycles. The molecule has 0 amide bonds. The normalized spacial score (nSPS) is 8.89. The van der Waals surface area contributed by atoms with Crippen LogP contribution in [0.15, 0.2) is 48.5 Å². The average molecular weight is 627 g/mol. The lowest BCUT2D eigenvalue weighted by Crippen LogP contribution is -2.16. The molecule has 186 valence electrons. The molecule has 0 fully saturated rings. The highest BCUT2D eigenvalue weighted by molar-refractivity contribution is 14.1. The molecule has 0 unspecified atom stereocenters. The van der Waals surface area contributed by atoms with Gasteiger partial charge in [0.2, 0.25) is 0 Å². The van der Waals surface area contributed by atoms with Crippen LogP contribution in [0, 0.1) is 50.7 Å². The highest BCUT2D eigenvalue weighted by atomic mass is 127. The second-order valence-electron chi connectivity index (χ2n) is 8.39. The van der Waals surface area contributed by atoms with Crippen molar-refractivity contribution in [3.05, 3.63) is 68.8 Å². The van der Waals surface area contributed by atoms with Crippen molar-refractivity contribution in [1.82, 2.24) is 0 Å². The van der Waals surface area contributed by atoms with Gasteiger partial charge in [-0.1, -0.05) is 38.7 Å². The monoisotopic (exact) mass is 626 g/mol. The zero-order valence-electron chi connectivity index (χ0n) is 21.8. The van der Waals surface area contributed by atoms with Crippen LogP contribution in [0.25, 0.3) is 0 Å². The van der Waals surface area contributed by atoms with Crippen molar-refractivity contribution in [1.29, 1.82) is 0 Å². The first kappa shape index (κ1) is 32.8. The quantitative estimate of drug-likeness (QED) is 0.193. The predicted octanol–water partition coefficient (Wildman–Crippen LogP) is 5.43. The topological polar surface area (TPSA) is 52.6 Å². The number of methoxy groups -OCH3 is 2. The Morgan fingerprint density at radius 2 is 1.31 bits per heavy atom. The molecule has 0 saturated carbocycles. The number of esters is 2. The Kier molecular flexibility index (Phi) is 16.5. The van der Waals surface area contributed by atoms with E-state index in [2.05, 4.69) is 105 Å². The van der Waals surface area contributed by atoms with Gasteiger partial charge in [-0.25, -0.2) is 9.59 Å². The molecular formula is C29H31IO4Si2. The van der Waals surface area contributed by atoms with Crippen molar-refractivity contribution in [3.63, 3.8) is 0 Å². The number of ether oxygens (including phenoxy) is 2. The van der Waals surface area contributed by atoms with Crippen molar-refractivity contribution in [2.24, 2.45) is 0 Å². The summed E-state index contributed by atoms with van der Waals surface area (Å²) in [7, 11) is 0.709. The van der Waals surface area contributed by atoms with Crippen molar-refractivity contribution in [2.75, 3.05) is 14.2 Å². The second kappa shape index (κ2) is 18.1. The van der Waals surface area contributed by atoms with Gasteiger partial charge in [0.15, 0.2) is 0 Å². The highest BCUT2D eigenvalue weighted by Crippen LogP contribution is 2.07. The Bertz CT molecular complexity index is 1220. The van der Waals surface area contributed by atoms with Crippen molar-refractivity contribution < 1.29 is 19.1 Å². The summed E-state index contributed by atoms with van der Waals surface area (Å²) in [6, 6.07) is 14.2. The number of halogens is 1. The smallest absolute Gasteiger partial charge is 0.337 e. The number of carbonyl (C=O) groups is 2. The van der Waals surface area contributed by atoms with Crippen molar-refractivity contribution >= 4 is 51.4 Å². The van der Waals surface area contributed by atoms with Gasteiger partial charge in [-0.15, -0.1) is 17.5 Å². The minimum atomic E-state index is -1.18. The Morgan fingerprint density at radius 3 is 1.67 bits per heavy atom. The molecule has 0 spiro atoms. The Balaban J connectivity index is 0.000000555. The van der Waals surface area contributed by atoms with E-state index in [0.29, 0.717) is 11.1 Å². The summed E-state index contributed by atoms with van der Waals surface area (Å²) < 4.78 is 10.2. The molecule has 0 aromatic heterocycles. The van der Waals surface area contributed by atoms with E-state index in [4.69, 9.17) is 6.42 Å². The van der Waals surface area contributed by atoms with Gasteiger partial charge in [-0.05, 0) is 94.8 Å². The Hall–Kier alpha value is -3.22. The summed E-state index contributed by atoms with van der Waals surface area (Å²) in [5, 5.41) is 0. The molecule has 36 heavy (non-hydrogen) atoms. The fraction of sp³-hybridized carbons (Fsp3) is 0.241. The molecule has 2 aromatic rings. The first-order valence-corrected chi connectivity index (χ1v) is 18.4. The molecule has 2 rings (SSSR count). The first-order valence-electron chi connectivity index (χ1n) is 10.9. The zero-order chi connectivity index (χ0) is 27.6. The molecule has 0 aliphatic heterocycles. The van der Waals surface area contributed by atoms with Gasteiger partial charge >= 0.3 is 11.9 Å². The molecule has 7 heteroatoms. The SMILES string of the molecule is C#CC#C[Si](C)(C)C.COC(=O)c1ccc(C#CC#C[SiH](C)C)cc1.COC(=O)c1ccc(I)cc1. The van der Waals surface area contributed by atoms with Crippen molar-refractivity contribution in [2.45, 2.75) is 32.7 Å². The Morgan fingerprint density at radius 1 is 0.833 bits per heavy atom. The summed E-state index contributed by atoms with van der Waals surface area (Å²) in [6.45, 7) is 10.8. The Labute approximate surface area is 232 Å². The number of rotatable bonds is 2. The summed E-state index contributed by atoms with van der Waals surface area (Å²) in [5.41, 5.74) is 8.08. The van der Waals surface area contributed by atoms with E-state index in [-0.39, 0.29) is 11.9 Å². The third-order valence-electron chi connectivity index (χ3n) is 3.71. The summed E-state index contributed by atoms with van der Waals surface area (Å²) in [4.78, 5) is 22.1. The fourth-order valence-corrected chi connectivity index (χ4v) is 3.19. The molecule has 0 bridgehead atoms. The van der Waals surface area contributed by atoms with Crippen LogP contribution in [0.3, 0.4) is 0 Å². The number of carbonyl (C=O) groups excluding carboxylic acids is 2. The molecule has 0 N–H and O–H groups in total. The largest absolute Gasteiger partial charge is 0.465 e. The van der Waals surface area contributed by atoms with Gasteiger partial charge in [0, 0.05) is 9.13 Å². The minimum Gasteiger partial charge on any atom is -0.465 e. The second-order valence-corrected chi connectivity index (χ2v) is 17.0. The van der Waals surface area contributed by atoms with Gasteiger partial charge in [-0.3, -0.25) is 0 Å². The van der Waals surface area contributed by atoms with Crippen LogP contribution in [-0.4, -0.2) is 43.0 Å². The summed E-state index contributed by atoms with van der Waals surface area (Å²) in [6.07, 6.45) is 4.93. The molecular weight excluding hydrogens is 595 g/mol. The van der Waals surface area contributed by atoms with Crippen LogP contribution < -0.4 is 0 Å². The van der Waals surface area contributed by atoms with Crippen LogP contribution in [-0.2, 0) is 9.47 Å². The lowest BCUT2D eigenvalue weighted by atomic mass is 10.1. The fourth-order valence-electron chi connectivity index (χ4n) is 2.02. The van der Waals surface area contributed by atoms with Gasteiger partial charge in [0.1, 0.15) is 16.9 Å². The third-order valence-corrected chi connectivity index (χ3v) is 6.03. The van der Waals surface area contributed by atoms with E-state index in [0.717, 1.165) is 9.13 Å². The van der Waals surface area contributed by atoms with Crippen molar-refractivity contribution in [3.8, 4) is 47.1 Å². The molecule has 0 aliphatic carbocycles.